The van der Waals surface area contributed by atoms with E-state index in [1.807, 2.05) is 13.8 Å². The number of halogens is 1. The standard InChI is InChI=1S/C12H14BrN5O2S/c1-7-3-9(4-8(2)11(7)13)18-21(19,20)10-5-15-12(17-14)16-6-10/h3-6,18H,14H2,1-2H3,(H,15,16,17). The van der Waals surface area contributed by atoms with Crippen LogP contribution >= 0.6 is 15.9 Å². The third kappa shape index (κ3) is 3.49. The van der Waals surface area contributed by atoms with E-state index < -0.39 is 10.0 Å². The first kappa shape index (κ1) is 15.7. The van der Waals surface area contributed by atoms with Crippen LogP contribution in [0.1, 0.15) is 11.1 Å². The number of hydrazine groups is 1. The van der Waals surface area contributed by atoms with Crippen LogP contribution in [0.3, 0.4) is 0 Å². The molecule has 0 aliphatic carbocycles. The third-order valence-corrected chi connectivity index (χ3v) is 5.34. The number of nitrogens with two attached hydrogens (primary N) is 1. The summed E-state index contributed by atoms with van der Waals surface area (Å²) in [5.41, 5.74) is 4.59. The molecule has 0 aliphatic heterocycles. The first-order valence-corrected chi connectivity index (χ1v) is 8.19. The lowest BCUT2D eigenvalue weighted by Crippen LogP contribution is -2.15. The minimum atomic E-state index is -3.74. The first-order valence-electron chi connectivity index (χ1n) is 5.91. The van der Waals surface area contributed by atoms with Crippen LogP contribution in [0.25, 0.3) is 0 Å². The molecule has 0 unspecified atom stereocenters. The van der Waals surface area contributed by atoms with Gasteiger partial charge in [0.25, 0.3) is 10.0 Å². The number of aromatic nitrogens is 2. The van der Waals surface area contributed by atoms with Crippen molar-refractivity contribution in [2.24, 2.45) is 5.84 Å². The molecular formula is C12H14BrN5O2S. The zero-order valence-corrected chi connectivity index (χ0v) is 13.8. The van der Waals surface area contributed by atoms with E-state index in [9.17, 15) is 8.42 Å². The molecule has 4 N–H and O–H groups in total. The largest absolute Gasteiger partial charge is 0.292 e. The topological polar surface area (TPSA) is 110 Å². The van der Waals surface area contributed by atoms with Crippen molar-refractivity contribution in [3.05, 3.63) is 40.1 Å². The van der Waals surface area contributed by atoms with Gasteiger partial charge in [0.15, 0.2) is 0 Å². The number of aryl methyl sites for hydroxylation is 2. The molecule has 1 aromatic heterocycles. The number of nitrogens with one attached hydrogen (secondary N) is 2. The van der Waals surface area contributed by atoms with Crippen LogP contribution in [-0.4, -0.2) is 18.4 Å². The average molecular weight is 372 g/mol. The summed E-state index contributed by atoms with van der Waals surface area (Å²) in [6.45, 7) is 3.78. The van der Waals surface area contributed by atoms with Gasteiger partial charge in [-0.15, -0.1) is 0 Å². The Bertz CT molecular complexity index is 739. The fourth-order valence-corrected chi connectivity index (χ4v) is 2.91. The van der Waals surface area contributed by atoms with E-state index in [4.69, 9.17) is 5.84 Å². The van der Waals surface area contributed by atoms with Crippen LogP contribution in [0.5, 0.6) is 0 Å². The second kappa shape index (κ2) is 5.96. The molecule has 21 heavy (non-hydrogen) atoms. The van der Waals surface area contributed by atoms with E-state index in [1.54, 1.807) is 12.1 Å². The van der Waals surface area contributed by atoms with Crippen LogP contribution in [-0.2, 0) is 10.0 Å². The van der Waals surface area contributed by atoms with Crippen LogP contribution in [0, 0.1) is 13.8 Å². The maximum absolute atomic E-state index is 12.3. The molecule has 1 aromatic carbocycles. The normalized spacial score (nSPS) is 11.2. The fourth-order valence-electron chi connectivity index (χ4n) is 1.75. The zero-order chi connectivity index (χ0) is 15.6. The highest BCUT2D eigenvalue weighted by molar-refractivity contribution is 9.10. The molecular weight excluding hydrogens is 358 g/mol. The van der Waals surface area contributed by atoms with Gasteiger partial charge < -0.3 is 0 Å². The molecule has 0 saturated carbocycles. The molecule has 2 rings (SSSR count). The second-order valence-corrected chi connectivity index (χ2v) is 6.89. The van der Waals surface area contributed by atoms with E-state index in [0.717, 1.165) is 15.6 Å². The predicted octanol–water partition coefficient (Wildman–Crippen LogP) is 1.94. The van der Waals surface area contributed by atoms with Gasteiger partial charge >= 0.3 is 0 Å². The average Bonchev–Trinajstić information content (AvgIpc) is 2.44. The number of anilines is 2. The van der Waals surface area contributed by atoms with Crippen molar-refractivity contribution in [1.29, 1.82) is 0 Å². The Morgan fingerprint density at radius 3 is 2.14 bits per heavy atom. The summed E-state index contributed by atoms with van der Waals surface area (Å²) in [6.07, 6.45) is 2.37. The van der Waals surface area contributed by atoms with Crippen LogP contribution in [0.15, 0.2) is 33.9 Å². The number of nitrogens with zero attached hydrogens (tertiary/aromatic N) is 2. The molecule has 0 bridgehead atoms. The van der Waals surface area contributed by atoms with Crippen molar-refractivity contribution >= 4 is 37.6 Å². The van der Waals surface area contributed by atoms with Gasteiger partial charge in [-0.2, -0.15) is 0 Å². The number of benzene rings is 1. The maximum atomic E-state index is 12.3. The molecule has 7 nitrogen and oxygen atoms in total. The van der Waals surface area contributed by atoms with Gasteiger partial charge in [0.2, 0.25) is 5.95 Å². The highest BCUT2D eigenvalue weighted by atomic mass is 79.9. The van der Waals surface area contributed by atoms with Gasteiger partial charge in [-0.1, -0.05) is 15.9 Å². The Balaban J connectivity index is 2.32. The van der Waals surface area contributed by atoms with Crippen molar-refractivity contribution < 1.29 is 8.42 Å². The van der Waals surface area contributed by atoms with Gasteiger partial charge in [-0.3, -0.25) is 10.1 Å². The molecule has 0 spiro atoms. The molecule has 0 saturated heterocycles. The van der Waals surface area contributed by atoms with Crippen LogP contribution in [0.4, 0.5) is 11.6 Å². The number of sulfonamides is 1. The second-order valence-electron chi connectivity index (χ2n) is 4.42. The molecule has 0 atom stereocenters. The molecule has 9 heteroatoms. The van der Waals surface area contributed by atoms with Crippen molar-refractivity contribution in [3.8, 4) is 0 Å². The van der Waals surface area contributed by atoms with Gasteiger partial charge in [0.05, 0.1) is 12.4 Å². The Kier molecular flexibility index (Phi) is 4.45. The Morgan fingerprint density at radius 2 is 1.67 bits per heavy atom. The predicted molar refractivity (Wildman–Crippen MR) is 84.3 cm³/mol. The number of nitrogen functional groups attached to an aromatic ring is 1. The van der Waals surface area contributed by atoms with Gasteiger partial charge in [0, 0.05) is 10.2 Å². The Labute approximate surface area is 131 Å². The zero-order valence-electron chi connectivity index (χ0n) is 11.4. The van der Waals surface area contributed by atoms with Gasteiger partial charge in [-0.25, -0.2) is 24.2 Å². The Hall–Kier alpha value is -1.71. The van der Waals surface area contributed by atoms with Crippen molar-refractivity contribution in [2.75, 3.05) is 10.1 Å². The highest BCUT2D eigenvalue weighted by Gasteiger charge is 2.16. The molecule has 0 aliphatic rings. The molecule has 0 fully saturated rings. The SMILES string of the molecule is Cc1cc(NS(=O)(=O)c2cnc(NN)nc2)cc(C)c1Br. The lowest BCUT2D eigenvalue weighted by molar-refractivity contribution is 0.600. The van der Waals surface area contributed by atoms with E-state index in [1.165, 1.54) is 12.4 Å². The minimum Gasteiger partial charge on any atom is -0.292 e. The van der Waals surface area contributed by atoms with Gasteiger partial charge in [-0.05, 0) is 37.1 Å². The first-order chi connectivity index (χ1) is 9.83. The van der Waals surface area contributed by atoms with Crippen molar-refractivity contribution in [2.45, 2.75) is 18.7 Å². The summed E-state index contributed by atoms with van der Waals surface area (Å²) in [5, 5.41) is 0. The Morgan fingerprint density at radius 1 is 1.14 bits per heavy atom. The highest BCUT2D eigenvalue weighted by Crippen LogP contribution is 2.26. The lowest BCUT2D eigenvalue weighted by atomic mass is 10.1. The summed E-state index contributed by atoms with van der Waals surface area (Å²) < 4.78 is 28.0. The molecule has 2 aromatic rings. The van der Waals surface area contributed by atoms with Crippen molar-refractivity contribution in [3.63, 3.8) is 0 Å². The molecule has 1 heterocycles. The van der Waals surface area contributed by atoms with Crippen LogP contribution in [0.2, 0.25) is 0 Å². The smallest absolute Gasteiger partial charge is 0.264 e. The van der Waals surface area contributed by atoms with E-state index in [-0.39, 0.29) is 10.8 Å². The minimum absolute atomic E-state index is 0.0419. The van der Waals surface area contributed by atoms with Crippen molar-refractivity contribution in [1.82, 2.24) is 9.97 Å². The third-order valence-electron chi connectivity index (χ3n) is 2.76. The summed E-state index contributed by atoms with van der Waals surface area (Å²) >= 11 is 3.44. The number of hydrogen-bond acceptors (Lipinski definition) is 6. The van der Waals surface area contributed by atoms with E-state index >= 15 is 0 Å². The summed E-state index contributed by atoms with van der Waals surface area (Å²) in [4.78, 5) is 7.52. The monoisotopic (exact) mass is 371 g/mol. The molecule has 0 amide bonds. The molecule has 112 valence electrons. The summed E-state index contributed by atoms with van der Waals surface area (Å²) in [6, 6.07) is 3.48. The number of rotatable bonds is 4. The quantitative estimate of drug-likeness (QED) is 0.559. The summed E-state index contributed by atoms with van der Waals surface area (Å²) in [5.74, 6) is 5.28. The number of hydrogen-bond donors (Lipinski definition) is 3. The van der Waals surface area contributed by atoms with Gasteiger partial charge in [0.1, 0.15) is 4.90 Å². The summed E-state index contributed by atoms with van der Waals surface area (Å²) in [7, 11) is -3.74. The van der Waals surface area contributed by atoms with Crippen LogP contribution < -0.4 is 16.0 Å². The maximum Gasteiger partial charge on any atom is 0.264 e. The lowest BCUT2D eigenvalue weighted by Gasteiger charge is -2.11. The van der Waals surface area contributed by atoms with E-state index in [2.05, 4.69) is 36.0 Å². The fraction of sp³-hybridized carbons (Fsp3) is 0.167. The molecule has 0 radical (unpaired) electrons. The van der Waals surface area contributed by atoms with E-state index in [0.29, 0.717) is 5.69 Å².